The zero-order chi connectivity index (χ0) is 19.2. The van der Waals surface area contributed by atoms with E-state index in [1.54, 1.807) is 7.11 Å². The van der Waals surface area contributed by atoms with E-state index in [0.29, 0.717) is 13.2 Å². The van der Waals surface area contributed by atoms with Crippen molar-refractivity contribution in [3.63, 3.8) is 0 Å². The molecular formula is C22H21Br2NO2. The minimum absolute atomic E-state index is 0.499. The van der Waals surface area contributed by atoms with Crippen LogP contribution in [0.3, 0.4) is 0 Å². The molecule has 0 saturated carbocycles. The van der Waals surface area contributed by atoms with Gasteiger partial charge in [-0.3, -0.25) is 0 Å². The number of benzene rings is 3. The number of hydrogen-bond acceptors (Lipinski definition) is 3. The number of rotatable bonds is 7. The normalized spacial score (nSPS) is 10.5. The molecular weight excluding hydrogens is 470 g/mol. The minimum Gasteiger partial charge on any atom is -0.493 e. The van der Waals surface area contributed by atoms with E-state index in [1.165, 1.54) is 5.56 Å². The summed E-state index contributed by atoms with van der Waals surface area (Å²) in [4.78, 5) is 0. The van der Waals surface area contributed by atoms with Gasteiger partial charge in [0.25, 0.3) is 0 Å². The zero-order valence-electron chi connectivity index (χ0n) is 15.3. The molecule has 5 heteroatoms. The van der Waals surface area contributed by atoms with Crippen LogP contribution < -0.4 is 14.8 Å². The second-order valence-electron chi connectivity index (χ2n) is 6.21. The van der Waals surface area contributed by atoms with E-state index in [2.05, 4.69) is 62.3 Å². The summed E-state index contributed by atoms with van der Waals surface area (Å²) < 4.78 is 13.6. The summed E-state index contributed by atoms with van der Waals surface area (Å²) in [6.45, 7) is 3.30. The largest absolute Gasteiger partial charge is 0.493 e. The Morgan fingerprint density at radius 3 is 2.22 bits per heavy atom. The molecule has 140 valence electrons. The van der Waals surface area contributed by atoms with Crippen LogP contribution in [0, 0.1) is 6.92 Å². The highest BCUT2D eigenvalue weighted by Gasteiger charge is 2.07. The highest BCUT2D eigenvalue weighted by atomic mass is 79.9. The SMILES string of the molecule is COc1cc(CNc2ccc(Br)cc2C)ccc1OCc1ccc(Br)cc1. The Balaban J connectivity index is 1.65. The van der Waals surface area contributed by atoms with Gasteiger partial charge in [-0.1, -0.05) is 50.1 Å². The topological polar surface area (TPSA) is 30.5 Å². The number of nitrogens with one attached hydrogen (secondary N) is 1. The first-order valence-electron chi connectivity index (χ1n) is 8.59. The van der Waals surface area contributed by atoms with Crippen molar-refractivity contribution in [2.45, 2.75) is 20.1 Å². The molecule has 0 aliphatic carbocycles. The van der Waals surface area contributed by atoms with Gasteiger partial charge in [0.2, 0.25) is 0 Å². The molecule has 3 aromatic rings. The van der Waals surface area contributed by atoms with E-state index in [4.69, 9.17) is 9.47 Å². The molecule has 0 amide bonds. The third-order valence-electron chi connectivity index (χ3n) is 4.21. The van der Waals surface area contributed by atoms with Gasteiger partial charge in [-0.05, 0) is 66.1 Å². The van der Waals surface area contributed by atoms with E-state index in [1.807, 2.05) is 42.5 Å². The fourth-order valence-corrected chi connectivity index (χ4v) is 3.45. The molecule has 0 fully saturated rings. The first kappa shape index (κ1) is 19.8. The third-order valence-corrected chi connectivity index (χ3v) is 5.23. The van der Waals surface area contributed by atoms with Crippen LogP contribution in [0.25, 0.3) is 0 Å². The van der Waals surface area contributed by atoms with Crippen LogP contribution in [0.4, 0.5) is 5.69 Å². The van der Waals surface area contributed by atoms with E-state index in [-0.39, 0.29) is 0 Å². The van der Waals surface area contributed by atoms with E-state index in [9.17, 15) is 0 Å². The average molecular weight is 491 g/mol. The van der Waals surface area contributed by atoms with Crippen LogP contribution in [0.2, 0.25) is 0 Å². The highest BCUT2D eigenvalue weighted by molar-refractivity contribution is 9.10. The van der Waals surface area contributed by atoms with Gasteiger partial charge in [-0.15, -0.1) is 0 Å². The van der Waals surface area contributed by atoms with Gasteiger partial charge in [-0.25, -0.2) is 0 Å². The lowest BCUT2D eigenvalue weighted by Gasteiger charge is -2.14. The maximum Gasteiger partial charge on any atom is 0.161 e. The Hall–Kier alpha value is -1.98. The molecule has 1 N–H and O–H groups in total. The Morgan fingerprint density at radius 2 is 1.52 bits per heavy atom. The van der Waals surface area contributed by atoms with Crippen LogP contribution in [-0.4, -0.2) is 7.11 Å². The molecule has 0 aliphatic heterocycles. The number of aryl methyl sites for hydroxylation is 1. The van der Waals surface area contributed by atoms with Crippen molar-refractivity contribution in [1.29, 1.82) is 0 Å². The third kappa shape index (κ3) is 5.50. The summed E-state index contributed by atoms with van der Waals surface area (Å²) in [5.74, 6) is 1.47. The summed E-state index contributed by atoms with van der Waals surface area (Å²) in [5, 5.41) is 3.47. The van der Waals surface area contributed by atoms with Gasteiger partial charge in [0, 0.05) is 21.2 Å². The summed E-state index contributed by atoms with van der Waals surface area (Å²) in [7, 11) is 1.66. The molecule has 0 radical (unpaired) electrons. The monoisotopic (exact) mass is 489 g/mol. The number of anilines is 1. The lowest BCUT2D eigenvalue weighted by Crippen LogP contribution is -2.02. The summed E-state index contributed by atoms with van der Waals surface area (Å²) >= 11 is 6.94. The molecule has 0 aliphatic rings. The number of methoxy groups -OCH3 is 1. The zero-order valence-corrected chi connectivity index (χ0v) is 18.4. The Labute approximate surface area is 177 Å². The standard InChI is InChI=1S/C22H21Br2NO2/c1-15-11-19(24)8-9-20(15)25-13-17-5-10-21(22(12-17)26-2)27-14-16-3-6-18(23)7-4-16/h3-12,25H,13-14H2,1-2H3. The lowest BCUT2D eigenvalue weighted by atomic mass is 10.1. The molecule has 27 heavy (non-hydrogen) atoms. The van der Waals surface area contributed by atoms with Crippen LogP contribution in [-0.2, 0) is 13.2 Å². The summed E-state index contributed by atoms with van der Waals surface area (Å²) in [5.41, 5.74) is 4.56. The highest BCUT2D eigenvalue weighted by Crippen LogP contribution is 2.29. The summed E-state index contributed by atoms with van der Waals surface area (Å²) in [6.07, 6.45) is 0. The van der Waals surface area contributed by atoms with Crippen LogP contribution in [0.5, 0.6) is 11.5 Å². The number of halogens is 2. The fraction of sp³-hybridized carbons (Fsp3) is 0.182. The predicted octanol–water partition coefficient (Wildman–Crippen LogP) is 6.72. The van der Waals surface area contributed by atoms with E-state index < -0.39 is 0 Å². The van der Waals surface area contributed by atoms with Crippen molar-refractivity contribution >= 4 is 37.5 Å². The average Bonchev–Trinajstić information content (AvgIpc) is 2.67. The van der Waals surface area contributed by atoms with Crippen molar-refractivity contribution in [2.24, 2.45) is 0 Å². The number of ether oxygens (including phenoxy) is 2. The van der Waals surface area contributed by atoms with Crippen LogP contribution >= 0.6 is 31.9 Å². The van der Waals surface area contributed by atoms with Gasteiger partial charge in [0.15, 0.2) is 11.5 Å². The second kappa shape index (κ2) is 9.29. The quantitative estimate of drug-likeness (QED) is 0.398. The minimum atomic E-state index is 0.499. The van der Waals surface area contributed by atoms with Crippen molar-refractivity contribution in [2.75, 3.05) is 12.4 Å². The predicted molar refractivity (Wildman–Crippen MR) is 118 cm³/mol. The molecule has 0 spiro atoms. The maximum atomic E-state index is 5.94. The molecule has 3 nitrogen and oxygen atoms in total. The van der Waals surface area contributed by atoms with E-state index in [0.717, 1.165) is 37.3 Å². The molecule has 0 heterocycles. The van der Waals surface area contributed by atoms with Crippen LogP contribution in [0.1, 0.15) is 16.7 Å². The molecule has 3 aromatic carbocycles. The van der Waals surface area contributed by atoms with E-state index >= 15 is 0 Å². The van der Waals surface area contributed by atoms with Crippen molar-refractivity contribution < 1.29 is 9.47 Å². The Bertz CT molecular complexity index is 911. The molecule has 3 rings (SSSR count). The van der Waals surface area contributed by atoms with Gasteiger partial charge >= 0.3 is 0 Å². The Morgan fingerprint density at radius 1 is 0.815 bits per heavy atom. The first-order valence-corrected chi connectivity index (χ1v) is 10.2. The lowest BCUT2D eigenvalue weighted by molar-refractivity contribution is 0.284. The Kier molecular flexibility index (Phi) is 6.80. The fourth-order valence-electron chi connectivity index (χ4n) is 2.71. The molecule has 0 unspecified atom stereocenters. The van der Waals surface area contributed by atoms with Crippen molar-refractivity contribution in [3.05, 3.63) is 86.3 Å². The summed E-state index contributed by atoms with van der Waals surface area (Å²) in [6, 6.07) is 20.3. The smallest absolute Gasteiger partial charge is 0.161 e. The van der Waals surface area contributed by atoms with Gasteiger partial charge < -0.3 is 14.8 Å². The second-order valence-corrected chi connectivity index (χ2v) is 8.04. The van der Waals surface area contributed by atoms with Crippen molar-refractivity contribution in [1.82, 2.24) is 0 Å². The molecule has 0 atom stereocenters. The molecule has 0 saturated heterocycles. The number of hydrogen-bond donors (Lipinski definition) is 1. The first-order chi connectivity index (χ1) is 13.0. The van der Waals surface area contributed by atoms with Gasteiger partial charge in [0.05, 0.1) is 7.11 Å². The molecule has 0 aromatic heterocycles. The van der Waals surface area contributed by atoms with Crippen molar-refractivity contribution in [3.8, 4) is 11.5 Å². The van der Waals surface area contributed by atoms with Gasteiger partial charge in [-0.2, -0.15) is 0 Å². The van der Waals surface area contributed by atoms with Gasteiger partial charge in [0.1, 0.15) is 6.61 Å². The van der Waals surface area contributed by atoms with Crippen LogP contribution in [0.15, 0.2) is 69.6 Å². The molecule has 0 bridgehead atoms. The maximum absolute atomic E-state index is 5.94.